The van der Waals surface area contributed by atoms with Crippen molar-refractivity contribution in [1.29, 1.82) is 0 Å². The summed E-state index contributed by atoms with van der Waals surface area (Å²) >= 11 is 0. The van der Waals surface area contributed by atoms with Gasteiger partial charge < -0.3 is 16.7 Å². The summed E-state index contributed by atoms with van der Waals surface area (Å²) in [5, 5.41) is 11.0. The van der Waals surface area contributed by atoms with E-state index in [2.05, 4.69) is 5.16 Å². The Morgan fingerprint density at radius 2 is 2.08 bits per heavy atom. The van der Waals surface area contributed by atoms with E-state index < -0.39 is 5.82 Å². The van der Waals surface area contributed by atoms with Gasteiger partial charge in [0.15, 0.2) is 5.84 Å². The van der Waals surface area contributed by atoms with Gasteiger partial charge in [-0.1, -0.05) is 5.16 Å². The van der Waals surface area contributed by atoms with Gasteiger partial charge in [0.25, 0.3) is 0 Å². The minimum absolute atomic E-state index is 0.166. The summed E-state index contributed by atoms with van der Waals surface area (Å²) < 4.78 is 12.7. The molecule has 0 heterocycles. The second-order valence-electron chi connectivity index (χ2n) is 2.26. The molecule has 0 saturated carbocycles. The molecule has 12 heavy (non-hydrogen) atoms. The maximum Gasteiger partial charge on any atom is 0.170 e. The van der Waals surface area contributed by atoms with Gasteiger partial charge in [0.05, 0.1) is 0 Å². The van der Waals surface area contributed by atoms with Gasteiger partial charge in [0, 0.05) is 11.3 Å². The van der Waals surface area contributed by atoms with Gasteiger partial charge >= 0.3 is 0 Å². The molecule has 1 rings (SSSR count). The molecule has 0 radical (unpaired) electrons. The molecule has 0 atom stereocenters. The lowest BCUT2D eigenvalue weighted by molar-refractivity contribution is 0.318. The number of halogens is 1. The van der Waals surface area contributed by atoms with Crippen LogP contribution >= 0.6 is 0 Å². The quantitative estimate of drug-likeness (QED) is 0.188. The van der Waals surface area contributed by atoms with Gasteiger partial charge in [0.2, 0.25) is 0 Å². The lowest BCUT2D eigenvalue weighted by atomic mass is 10.2. The van der Waals surface area contributed by atoms with E-state index in [1.807, 2.05) is 0 Å². The fourth-order valence-corrected chi connectivity index (χ4v) is 0.818. The summed E-state index contributed by atoms with van der Waals surface area (Å²) in [6.45, 7) is 0. The van der Waals surface area contributed by atoms with Crippen molar-refractivity contribution in [3.8, 4) is 0 Å². The van der Waals surface area contributed by atoms with Crippen molar-refractivity contribution in [2.75, 3.05) is 5.73 Å². The highest BCUT2D eigenvalue weighted by Gasteiger charge is 2.01. The zero-order chi connectivity index (χ0) is 9.14. The molecule has 0 aliphatic rings. The van der Waals surface area contributed by atoms with Crippen LogP contribution in [0.3, 0.4) is 0 Å². The molecule has 0 aliphatic heterocycles. The van der Waals surface area contributed by atoms with E-state index in [0.717, 1.165) is 12.1 Å². The maximum absolute atomic E-state index is 12.7. The Labute approximate surface area is 68.3 Å². The molecule has 64 valence electrons. The maximum atomic E-state index is 12.7. The molecule has 5 heteroatoms. The van der Waals surface area contributed by atoms with Crippen molar-refractivity contribution in [3.63, 3.8) is 0 Å². The van der Waals surface area contributed by atoms with Crippen molar-refractivity contribution in [2.24, 2.45) is 10.9 Å². The van der Waals surface area contributed by atoms with Gasteiger partial charge in [0.1, 0.15) is 5.82 Å². The van der Waals surface area contributed by atoms with Crippen LogP contribution < -0.4 is 11.5 Å². The molecule has 4 nitrogen and oxygen atoms in total. The number of nitrogens with zero attached hydrogens (tertiary/aromatic N) is 1. The van der Waals surface area contributed by atoms with Crippen LogP contribution in [0.1, 0.15) is 5.56 Å². The number of nitrogens with two attached hydrogens (primary N) is 2. The van der Waals surface area contributed by atoms with Gasteiger partial charge in [-0.15, -0.1) is 0 Å². The largest absolute Gasteiger partial charge is 0.409 e. The standard InChI is InChI=1S/C7H8FN3O/c8-5-1-4(7(10)11-12)2-6(9)3-5/h1-3,12H,9H2,(H2,10,11). The fraction of sp³-hybridized carbons (Fsp3) is 0. The number of hydrogen-bond donors (Lipinski definition) is 3. The third-order valence-electron chi connectivity index (χ3n) is 1.32. The SMILES string of the molecule is N/C(=N\O)c1cc(N)cc(F)c1. The van der Waals surface area contributed by atoms with Crippen molar-refractivity contribution in [1.82, 2.24) is 0 Å². The smallest absolute Gasteiger partial charge is 0.170 e. The summed E-state index contributed by atoms with van der Waals surface area (Å²) in [6, 6.07) is 3.69. The average molecular weight is 169 g/mol. The zero-order valence-electron chi connectivity index (χ0n) is 6.16. The molecule has 1 aromatic rings. The summed E-state index contributed by atoms with van der Waals surface area (Å²) in [6.07, 6.45) is 0. The Morgan fingerprint density at radius 3 is 2.58 bits per heavy atom. The normalized spacial score (nSPS) is 11.6. The topological polar surface area (TPSA) is 84.6 Å². The third kappa shape index (κ3) is 1.63. The van der Waals surface area contributed by atoms with Crippen LogP contribution in [-0.2, 0) is 0 Å². The lowest BCUT2D eigenvalue weighted by Crippen LogP contribution is -2.13. The van der Waals surface area contributed by atoms with Crippen LogP contribution in [0.25, 0.3) is 0 Å². The summed E-state index contributed by atoms with van der Waals surface area (Å²) in [7, 11) is 0. The predicted molar refractivity (Wildman–Crippen MR) is 43.3 cm³/mol. The molecular weight excluding hydrogens is 161 g/mol. The Balaban J connectivity index is 3.17. The number of nitrogen functional groups attached to an aromatic ring is 1. The molecule has 0 fully saturated rings. The van der Waals surface area contributed by atoms with Crippen molar-refractivity contribution >= 4 is 11.5 Å². The van der Waals surface area contributed by atoms with Crippen LogP contribution in [0.15, 0.2) is 23.4 Å². The molecule has 0 unspecified atom stereocenters. The van der Waals surface area contributed by atoms with Gasteiger partial charge in [-0.2, -0.15) is 0 Å². The van der Waals surface area contributed by atoms with E-state index in [4.69, 9.17) is 16.7 Å². The molecule has 0 aromatic heterocycles. The Bertz CT molecular complexity index is 304. The van der Waals surface area contributed by atoms with Crippen LogP contribution in [0.4, 0.5) is 10.1 Å². The Hall–Kier alpha value is -1.78. The molecule has 0 spiro atoms. The van der Waals surface area contributed by atoms with E-state index in [0.29, 0.717) is 0 Å². The highest BCUT2D eigenvalue weighted by Crippen LogP contribution is 2.09. The minimum Gasteiger partial charge on any atom is -0.409 e. The lowest BCUT2D eigenvalue weighted by Gasteiger charge is -1.99. The van der Waals surface area contributed by atoms with Crippen molar-refractivity contribution in [3.05, 3.63) is 29.6 Å². The van der Waals surface area contributed by atoms with Crippen molar-refractivity contribution in [2.45, 2.75) is 0 Å². The third-order valence-corrected chi connectivity index (χ3v) is 1.32. The van der Waals surface area contributed by atoms with E-state index in [1.165, 1.54) is 6.07 Å². The molecule has 0 aliphatic carbocycles. The van der Waals surface area contributed by atoms with E-state index in [9.17, 15) is 4.39 Å². The second kappa shape index (κ2) is 3.08. The van der Waals surface area contributed by atoms with Crippen LogP contribution in [0.5, 0.6) is 0 Å². The number of amidine groups is 1. The first-order valence-corrected chi connectivity index (χ1v) is 3.17. The molecule has 0 bridgehead atoms. The second-order valence-corrected chi connectivity index (χ2v) is 2.26. The average Bonchev–Trinajstić information content (AvgIpc) is 2.01. The number of rotatable bonds is 1. The van der Waals surface area contributed by atoms with Gasteiger partial charge in [-0.25, -0.2) is 4.39 Å². The van der Waals surface area contributed by atoms with E-state index in [-0.39, 0.29) is 17.1 Å². The number of hydrogen-bond acceptors (Lipinski definition) is 3. The van der Waals surface area contributed by atoms with Gasteiger partial charge in [-0.05, 0) is 18.2 Å². The first kappa shape index (κ1) is 8.32. The summed E-state index contributed by atoms with van der Waals surface area (Å²) in [5.74, 6) is -0.683. The predicted octanol–water partition coefficient (Wildman–Crippen LogP) is 0.502. The minimum atomic E-state index is -0.517. The first-order valence-electron chi connectivity index (χ1n) is 3.17. The van der Waals surface area contributed by atoms with E-state index in [1.54, 1.807) is 0 Å². The van der Waals surface area contributed by atoms with Crippen molar-refractivity contribution < 1.29 is 9.60 Å². The fourth-order valence-electron chi connectivity index (χ4n) is 0.818. The first-order chi connectivity index (χ1) is 5.63. The summed E-state index contributed by atoms with van der Waals surface area (Å²) in [4.78, 5) is 0. The highest BCUT2D eigenvalue weighted by atomic mass is 19.1. The molecule has 1 aromatic carbocycles. The molecular formula is C7H8FN3O. The number of benzene rings is 1. The van der Waals surface area contributed by atoms with Crippen LogP contribution in [0.2, 0.25) is 0 Å². The number of anilines is 1. The zero-order valence-corrected chi connectivity index (χ0v) is 6.16. The van der Waals surface area contributed by atoms with Crippen LogP contribution in [0, 0.1) is 5.82 Å². The highest BCUT2D eigenvalue weighted by molar-refractivity contribution is 5.97. The molecule has 0 amide bonds. The Kier molecular flexibility index (Phi) is 2.14. The van der Waals surface area contributed by atoms with Crippen LogP contribution in [-0.4, -0.2) is 11.0 Å². The molecule has 5 N–H and O–H groups in total. The number of oxime groups is 1. The molecule has 0 saturated heterocycles. The monoisotopic (exact) mass is 169 g/mol. The van der Waals surface area contributed by atoms with Gasteiger partial charge in [-0.3, -0.25) is 0 Å². The Morgan fingerprint density at radius 1 is 1.42 bits per heavy atom. The summed E-state index contributed by atoms with van der Waals surface area (Å²) in [5.41, 5.74) is 11.0. The van der Waals surface area contributed by atoms with E-state index >= 15 is 0 Å².